The average molecular weight is 334 g/mol. The van der Waals surface area contributed by atoms with E-state index in [4.69, 9.17) is 10.00 Å². The summed E-state index contributed by atoms with van der Waals surface area (Å²) >= 11 is 0. The number of hydrogen-bond acceptors (Lipinski definition) is 3. The molecule has 0 saturated carbocycles. The van der Waals surface area contributed by atoms with Crippen molar-refractivity contribution in [2.75, 3.05) is 19.7 Å². The molecular formula is C21H22N2O2. The number of rotatable bonds is 4. The first kappa shape index (κ1) is 17.0. The average Bonchev–Trinajstić information content (AvgIpc) is 2.66. The molecule has 2 aromatic carbocycles. The molecular weight excluding hydrogens is 312 g/mol. The smallest absolute Gasteiger partial charge is 0.253 e. The molecule has 1 saturated heterocycles. The second kappa shape index (κ2) is 7.85. The maximum Gasteiger partial charge on any atom is 0.253 e. The third-order valence-corrected chi connectivity index (χ3v) is 4.54. The number of piperidine rings is 1. The third kappa shape index (κ3) is 4.39. The van der Waals surface area contributed by atoms with Gasteiger partial charge < -0.3 is 9.64 Å². The van der Waals surface area contributed by atoms with Crippen molar-refractivity contribution in [3.8, 4) is 11.8 Å². The molecule has 0 bridgehead atoms. The van der Waals surface area contributed by atoms with Crippen molar-refractivity contribution in [3.63, 3.8) is 0 Å². The summed E-state index contributed by atoms with van der Waals surface area (Å²) in [6.45, 7) is 4.16. The zero-order chi connectivity index (χ0) is 17.6. The molecule has 0 spiro atoms. The van der Waals surface area contributed by atoms with Gasteiger partial charge in [-0.2, -0.15) is 5.26 Å². The fourth-order valence-corrected chi connectivity index (χ4v) is 3.17. The van der Waals surface area contributed by atoms with E-state index in [1.807, 2.05) is 36.1 Å². The second-order valence-electron chi connectivity index (χ2n) is 6.58. The zero-order valence-corrected chi connectivity index (χ0v) is 14.4. The van der Waals surface area contributed by atoms with E-state index in [-0.39, 0.29) is 5.91 Å². The summed E-state index contributed by atoms with van der Waals surface area (Å²) in [6, 6.07) is 17.0. The molecule has 2 aromatic rings. The van der Waals surface area contributed by atoms with E-state index in [0.29, 0.717) is 30.2 Å². The van der Waals surface area contributed by atoms with Gasteiger partial charge in [0.15, 0.2) is 0 Å². The Morgan fingerprint density at radius 3 is 2.80 bits per heavy atom. The van der Waals surface area contributed by atoms with Gasteiger partial charge in [0, 0.05) is 24.6 Å². The predicted molar refractivity (Wildman–Crippen MR) is 96.5 cm³/mol. The second-order valence-corrected chi connectivity index (χ2v) is 6.58. The van der Waals surface area contributed by atoms with Crippen LogP contribution in [0.2, 0.25) is 0 Å². The summed E-state index contributed by atoms with van der Waals surface area (Å²) in [5, 5.41) is 8.86. The Morgan fingerprint density at radius 2 is 2.08 bits per heavy atom. The molecule has 1 aliphatic heterocycles. The molecule has 0 aromatic heterocycles. The highest BCUT2D eigenvalue weighted by atomic mass is 16.5. The van der Waals surface area contributed by atoms with Crippen molar-refractivity contribution >= 4 is 5.91 Å². The molecule has 25 heavy (non-hydrogen) atoms. The number of nitrogens with zero attached hydrogens (tertiary/aromatic N) is 2. The van der Waals surface area contributed by atoms with Crippen LogP contribution < -0.4 is 4.74 Å². The van der Waals surface area contributed by atoms with Gasteiger partial charge in [0.05, 0.1) is 18.2 Å². The lowest BCUT2D eigenvalue weighted by Crippen LogP contribution is -2.41. The fraction of sp³-hybridized carbons (Fsp3) is 0.333. The number of ether oxygens (including phenoxy) is 1. The van der Waals surface area contributed by atoms with Gasteiger partial charge in [0.25, 0.3) is 5.91 Å². The van der Waals surface area contributed by atoms with Crippen LogP contribution in [-0.2, 0) is 0 Å². The maximum absolute atomic E-state index is 12.7. The minimum atomic E-state index is 0.0322. The van der Waals surface area contributed by atoms with Crippen molar-refractivity contribution in [2.24, 2.45) is 5.92 Å². The minimum Gasteiger partial charge on any atom is -0.493 e. The highest BCUT2D eigenvalue weighted by Gasteiger charge is 2.25. The molecule has 0 unspecified atom stereocenters. The Morgan fingerprint density at radius 1 is 1.28 bits per heavy atom. The van der Waals surface area contributed by atoms with Crippen LogP contribution in [0.1, 0.15) is 34.3 Å². The van der Waals surface area contributed by atoms with Crippen LogP contribution in [0.4, 0.5) is 0 Å². The van der Waals surface area contributed by atoms with E-state index in [2.05, 4.69) is 6.07 Å². The Kier molecular flexibility index (Phi) is 5.35. The highest BCUT2D eigenvalue weighted by Crippen LogP contribution is 2.21. The van der Waals surface area contributed by atoms with E-state index in [1.54, 1.807) is 24.3 Å². The number of carbonyl (C=O) groups excluding carboxylic acids is 1. The molecule has 3 rings (SSSR count). The standard InChI is InChI=1S/C21H22N2O2/c1-16-4-2-6-20(12-16)25-15-18-5-3-11-23(14-18)21(24)19-9-7-17(13-22)8-10-19/h2,4,6-10,12,18H,3,5,11,14-15H2,1H3/t18-/m1/s1. The Labute approximate surface area is 148 Å². The van der Waals surface area contributed by atoms with Crippen molar-refractivity contribution in [1.82, 2.24) is 4.90 Å². The quantitative estimate of drug-likeness (QED) is 0.854. The maximum atomic E-state index is 12.7. The molecule has 4 nitrogen and oxygen atoms in total. The molecule has 0 N–H and O–H groups in total. The summed E-state index contributed by atoms with van der Waals surface area (Å²) in [4.78, 5) is 14.6. The van der Waals surface area contributed by atoms with Crippen molar-refractivity contribution in [1.29, 1.82) is 5.26 Å². The van der Waals surface area contributed by atoms with E-state index in [1.165, 1.54) is 5.56 Å². The molecule has 1 amide bonds. The van der Waals surface area contributed by atoms with Crippen molar-refractivity contribution in [3.05, 3.63) is 65.2 Å². The van der Waals surface area contributed by atoms with Gasteiger partial charge in [-0.15, -0.1) is 0 Å². The molecule has 1 heterocycles. The SMILES string of the molecule is Cc1cccc(OC[C@@H]2CCCN(C(=O)c3ccc(C#N)cc3)C2)c1. The summed E-state index contributed by atoms with van der Waals surface area (Å²) in [7, 11) is 0. The van der Waals surface area contributed by atoms with Gasteiger partial charge in [-0.1, -0.05) is 12.1 Å². The van der Waals surface area contributed by atoms with Crippen LogP contribution >= 0.6 is 0 Å². The molecule has 0 radical (unpaired) electrons. The number of likely N-dealkylation sites (tertiary alicyclic amines) is 1. The third-order valence-electron chi connectivity index (χ3n) is 4.54. The summed E-state index contributed by atoms with van der Waals surface area (Å²) in [5.41, 5.74) is 2.39. The molecule has 128 valence electrons. The number of carbonyl (C=O) groups is 1. The van der Waals surface area contributed by atoms with E-state index >= 15 is 0 Å². The first-order chi connectivity index (χ1) is 12.2. The number of hydrogen-bond donors (Lipinski definition) is 0. The van der Waals surface area contributed by atoms with Gasteiger partial charge in [-0.25, -0.2) is 0 Å². The zero-order valence-electron chi connectivity index (χ0n) is 14.4. The number of benzene rings is 2. The lowest BCUT2D eigenvalue weighted by atomic mass is 9.98. The van der Waals surface area contributed by atoms with Crippen LogP contribution in [-0.4, -0.2) is 30.5 Å². The highest BCUT2D eigenvalue weighted by molar-refractivity contribution is 5.94. The fourth-order valence-electron chi connectivity index (χ4n) is 3.17. The number of aryl methyl sites for hydroxylation is 1. The predicted octanol–water partition coefficient (Wildman–Crippen LogP) is 3.80. The topological polar surface area (TPSA) is 53.3 Å². The van der Waals surface area contributed by atoms with Crippen molar-refractivity contribution in [2.45, 2.75) is 19.8 Å². The van der Waals surface area contributed by atoms with Crippen molar-refractivity contribution < 1.29 is 9.53 Å². The number of amides is 1. The Bertz CT molecular complexity index is 777. The van der Waals surface area contributed by atoms with Crippen LogP contribution in [0, 0.1) is 24.2 Å². The van der Waals surface area contributed by atoms with Gasteiger partial charge >= 0.3 is 0 Å². The molecule has 1 atom stereocenters. The monoisotopic (exact) mass is 334 g/mol. The first-order valence-electron chi connectivity index (χ1n) is 8.64. The first-order valence-corrected chi connectivity index (χ1v) is 8.64. The van der Waals surface area contributed by atoms with Crippen LogP contribution in [0.25, 0.3) is 0 Å². The van der Waals surface area contributed by atoms with Crippen LogP contribution in [0.15, 0.2) is 48.5 Å². The minimum absolute atomic E-state index is 0.0322. The summed E-state index contributed by atoms with van der Waals surface area (Å²) in [5.74, 6) is 1.26. The number of nitriles is 1. The Balaban J connectivity index is 1.58. The molecule has 1 fully saturated rings. The van der Waals surface area contributed by atoms with Gasteiger partial charge in [-0.05, 0) is 61.7 Å². The largest absolute Gasteiger partial charge is 0.493 e. The Hall–Kier alpha value is -2.80. The molecule has 0 aliphatic carbocycles. The normalized spacial score (nSPS) is 17.0. The van der Waals surface area contributed by atoms with Crippen LogP contribution in [0.3, 0.4) is 0 Å². The van der Waals surface area contributed by atoms with E-state index < -0.39 is 0 Å². The van der Waals surface area contributed by atoms with Gasteiger partial charge in [0.1, 0.15) is 5.75 Å². The van der Waals surface area contributed by atoms with Crippen LogP contribution in [0.5, 0.6) is 5.75 Å². The van der Waals surface area contributed by atoms with E-state index in [0.717, 1.165) is 25.1 Å². The summed E-state index contributed by atoms with van der Waals surface area (Å²) in [6.07, 6.45) is 2.06. The van der Waals surface area contributed by atoms with Gasteiger partial charge in [0.2, 0.25) is 0 Å². The molecule has 1 aliphatic rings. The van der Waals surface area contributed by atoms with Gasteiger partial charge in [-0.3, -0.25) is 4.79 Å². The lowest BCUT2D eigenvalue weighted by Gasteiger charge is -2.32. The summed E-state index contributed by atoms with van der Waals surface area (Å²) < 4.78 is 5.92. The lowest BCUT2D eigenvalue weighted by molar-refractivity contribution is 0.0633. The molecule has 4 heteroatoms. The van der Waals surface area contributed by atoms with E-state index in [9.17, 15) is 4.79 Å².